The zero-order valence-electron chi connectivity index (χ0n) is 18.4. The first kappa shape index (κ1) is 21.8. The number of hydrogen-bond donors (Lipinski definition) is 2. The maximum atomic E-state index is 12.7. The van der Waals surface area contributed by atoms with E-state index in [0.717, 1.165) is 39.9 Å². The van der Waals surface area contributed by atoms with Gasteiger partial charge in [0.1, 0.15) is 0 Å². The normalized spacial score (nSPS) is 15.8. The fourth-order valence-corrected chi connectivity index (χ4v) is 5.43. The fourth-order valence-electron chi connectivity index (χ4n) is 4.36. The number of carbonyl (C=O) groups is 2. The molecule has 0 unspecified atom stereocenters. The van der Waals surface area contributed by atoms with Crippen molar-refractivity contribution in [2.24, 2.45) is 5.92 Å². The number of anilines is 1. The summed E-state index contributed by atoms with van der Waals surface area (Å²) in [6, 6.07) is 11.7. The van der Waals surface area contributed by atoms with Gasteiger partial charge in [0.05, 0.1) is 0 Å². The molecule has 2 aromatic carbocycles. The van der Waals surface area contributed by atoms with Gasteiger partial charge in [0.2, 0.25) is 0 Å². The molecule has 2 N–H and O–H groups in total. The van der Waals surface area contributed by atoms with Crippen LogP contribution in [0.15, 0.2) is 46.2 Å². The van der Waals surface area contributed by atoms with Gasteiger partial charge in [-0.25, -0.2) is 0 Å². The minimum Gasteiger partial charge on any atom is -0.380 e. The highest BCUT2D eigenvalue weighted by atomic mass is 32.2. The summed E-state index contributed by atoms with van der Waals surface area (Å²) in [7, 11) is 3.53. The lowest BCUT2D eigenvalue weighted by Crippen LogP contribution is -2.26. The van der Waals surface area contributed by atoms with E-state index in [1.54, 1.807) is 30.8 Å². The molecule has 31 heavy (non-hydrogen) atoms. The van der Waals surface area contributed by atoms with Crippen LogP contribution in [0.3, 0.4) is 0 Å². The first-order valence-corrected chi connectivity index (χ1v) is 12.0. The molecule has 1 aliphatic carbocycles. The van der Waals surface area contributed by atoms with E-state index in [-0.39, 0.29) is 11.8 Å². The van der Waals surface area contributed by atoms with Gasteiger partial charge in [-0.1, -0.05) is 49.9 Å². The number of amides is 2. The van der Waals surface area contributed by atoms with Crippen molar-refractivity contribution in [3.8, 4) is 0 Å². The van der Waals surface area contributed by atoms with Crippen LogP contribution in [0.5, 0.6) is 0 Å². The predicted molar refractivity (Wildman–Crippen MR) is 126 cm³/mol. The Labute approximate surface area is 189 Å². The number of rotatable bonds is 5. The lowest BCUT2D eigenvalue weighted by Gasteiger charge is -2.21. The lowest BCUT2D eigenvalue weighted by atomic mass is 9.87. The first-order chi connectivity index (χ1) is 15.0. The summed E-state index contributed by atoms with van der Waals surface area (Å²) in [5.74, 6) is 0.758. The number of nitrogens with zero attached hydrogens (tertiary/aromatic N) is 1. The summed E-state index contributed by atoms with van der Waals surface area (Å²) in [5.41, 5.74) is 3.48. The number of benzene rings is 2. The third-order valence-corrected chi connectivity index (χ3v) is 7.39. The average Bonchev–Trinajstić information content (AvgIpc) is 2.97. The Balaban J connectivity index is 1.42. The number of hydrogen-bond acceptors (Lipinski definition) is 4. The second kappa shape index (κ2) is 9.77. The second-order valence-corrected chi connectivity index (χ2v) is 9.82. The minimum absolute atomic E-state index is 0.000996. The van der Waals surface area contributed by atoms with Gasteiger partial charge in [0.25, 0.3) is 11.8 Å². The SMILES string of the molecule is CN(C)C(=O)c1ccc2c(c1)Sc1ccc(C(=O)NCCC3CCCCC3)cc1NC2. The van der Waals surface area contributed by atoms with Gasteiger partial charge in [-0.2, -0.15) is 0 Å². The Kier molecular flexibility index (Phi) is 6.86. The Bertz CT molecular complexity index is 967. The zero-order chi connectivity index (χ0) is 21.8. The van der Waals surface area contributed by atoms with Crippen LogP contribution in [-0.2, 0) is 6.54 Å². The molecular weight excluding hydrogens is 406 g/mol. The van der Waals surface area contributed by atoms with Crippen molar-refractivity contribution in [3.05, 3.63) is 53.1 Å². The van der Waals surface area contributed by atoms with E-state index >= 15 is 0 Å². The number of carbonyl (C=O) groups excluding carboxylic acids is 2. The second-order valence-electron chi connectivity index (χ2n) is 8.74. The molecule has 1 heterocycles. The van der Waals surface area contributed by atoms with Crippen molar-refractivity contribution in [2.75, 3.05) is 26.0 Å². The van der Waals surface area contributed by atoms with Crippen LogP contribution in [0, 0.1) is 5.92 Å². The molecule has 1 saturated carbocycles. The highest BCUT2D eigenvalue weighted by Crippen LogP contribution is 2.39. The summed E-state index contributed by atoms with van der Waals surface area (Å²) in [5, 5.41) is 6.56. The van der Waals surface area contributed by atoms with E-state index < -0.39 is 0 Å². The van der Waals surface area contributed by atoms with Crippen LogP contribution in [0.25, 0.3) is 0 Å². The van der Waals surface area contributed by atoms with E-state index in [2.05, 4.69) is 10.6 Å². The Morgan fingerprint density at radius 3 is 2.58 bits per heavy atom. The predicted octanol–water partition coefficient (Wildman–Crippen LogP) is 5.17. The third-order valence-electron chi connectivity index (χ3n) is 6.21. The molecule has 2 aromatic rings. The lowest BCUT2D eigenvalue weighted by molar-refractivity contribution is 0.0827. The van der Waals surface area contributed by atoms with Crippen molar-refractivity contribution in [1.82, 2.24) is 10.2 Å². The standard InChI is InChI=1S/C25H31N3O2S/c1-28(2)25(30)19-8-9-20-16-27-21-14-18(10-11-22(21)31-23(20)15-19)24(29)26-13-12-17-6-4-3-5-7-17/h8-11,14-15,17,27H,3-7,12-13,16H2,1-2H3,(H,26,29). The molecule has 164 valence electrons. The highest BCUT2D eigenvalue weighted by Gasteiger charge is 2.19. The van der Waals surface area contributed by atoms with Crippen molar-refractivity contribution < 1.29 is 9.59 Å². The molecule has 0 spiro atoms. The van der Waals surface area contributed by atoms with Crippen LogP contribution < -0.4 is 10.6 Å². The molecule has 0 bridgehead atoms. The zero-order valence-corrected chi connectivity index (χ0v) is 19.2. The monoisotopic (exact) mass is 437 g/mol. The Morgan fingerprint density at radius 2 is 1.81 bits per heavy atom. The Morgan fingerprint density at radius 1 is 1.03 bits per heavy atom. The number of fused-ring (bicyclic) bond motifs is 2. The van der Waals surface area contributed by atoms with E-state index in [1.165, 1.54) is 32.1 Å². The molecule has 0 aromatic heterocycles. The fraction of sp³-hybridized carbons (Fsp3) is 0.440. The van der Waals surface area contributed by atoms with E-state index in [4.69, 9.17) is 0 Å². The van der Waals surface area contributed by atoms with E-state index in [1.807, 2.05) is 36.4 Å². The first-order valence-electron chi connectivity index (χ1n) is 11.2. The Hall–Kier alpha value is -2.47. The number of nitrogens with one attached hydrogen (secondary N) is 2. The van der Waals surface area contributed by atoms with Gasteiger partial charge in [0, 0.05) is 53.8 Å². The van der Waals surface area contributed by atoms with Gasteiger partial charge in [-0.05, 0) is 48.2 Å². The van der Waals surface area contributed by atoms with Crippen molar-refractivity contribution in [3.63, 3.8) is 0 Å². The molecule has 0 radical (unpaired) electrons. The van der Waals surface area contributed by atoms with Crippen LogP contribution in [-0.4, -0.2) is 37.4 Å². The molecular formula is C25H31N3O2S. The molecule has 0 atom stereocenters. The maximum absolute atomic E-state index is 12.7. The maximum Gasteiger partial charge on any atom is 0.253 e. The van der Waals surface area contributed by atoms with Gasteiger partial charge in [-0.3, -0.25) is 9.59 Å². The largest absolute Gasteiger partial charge is 0.380 e. The molecule has 6 heteroatoms. The summed E-state index contributed by atoms with van der Waals surface area (Å²) < 4.78 is 0. The quantitative estimate of drug-likeness (QED) is 0.678. The molecule has 2 amide bonds. The van der Waals surface area contributed by atoms with Gasteiger partial charge < -0.3 is 15.5 Å². The molecule has 5 nitrogen and oxygen atoms in total. The van der Waals surface area contributed by atoms with Crippen molar-refractivity contribution in [1.29, 1.82) is 0 Å². The van der Waals surface area contributed by atoms with Gasteiger partial charge in [0.15, 0.2) is 0 Å². The summed E-state index contributed by atoms with van der Waals surface area (Å²) in [6.07, 6.45) is 7.71. The molecule has 0 saturated heterocycles. The molecule has 1 aliphatic heterocycles. The third kappa shape index (κ3) is 5.24. The van der Waals surface area contributed by atoms with E-state index in [9.17, 15) is 9.59 Å². The summed E-state index contributed by atoms with van der Waals surface area (Å²) >= 11 is 1.64. The summed E-state index contributed by atoms with van der Waals surface area (Å²) in [4.78, 5) is 28.7. The minimum atomic E-state index is -0.00830. The topological polar surface area (TPSA) is 61.4 Å². The van der Waals surface area contributed by atoms with Gasteiger partial charge in [-0.15, -0.1) is 0 Å². The molecule has 1 fully saturated rings. The molecule has 2 aliphatic rings. The smallest absolute Gasteiger partial charge is 0.253 e. The van der Waals surface area contributed by atoms with Crippen LogP contribution in [0.4, 0.5) is 5.69 Å². The van der Waals surface area contributed by atoms with Crippen LogP contribution >= 0.6 is 11.8 Å². The highest BCUT2D eigenvalue weighted by molar-refractivity contribution is 7.99. The molecule has 4 rings (SSSR count). The average molecular weight is 438 g/mol. The van der Waals surface area contributed by atoms with E-state index in [0.29, 0.717) is 17.7 Å². The summed E-state index contributed by atoms with van der Waals surface area (Å²) in [6.45, 7) is 1.41. The van der Waals surface area contributed by atoms with Crippen LogP contribution in [0.2, 0.25) is 0 Å². The van der Waals surface area contributed by atoms with Gasteiger partial charge >= 0.3 is 0 Å². The van der Waals surface area contributed by atoms with Crippen molar-refractivity contribution >= 4 is 29.3 Å². The van der Waals surface area contributed by atoms with Crippen LogP contribution in [0.1, 0.15) is 64.8 Å². The van der Waals surface area contributed by atoms with Crippen molar-refractivity contribution in [2.45, 2.75) is 54.9 Å².